The molecule has 5 rings (SSSR count). The SMILES string of the molecule is Cc1ccc(-n2c(Sc3ccc([N+](=O)[O-])c4cnccc34)nnc2N2CCOCC2)cc1. The minimum Gasteiger partial charge on any atom is -0.378 e. The van der Waals surface area contributed by atoms with Crippen LogP contribution in [-0.2, 0) is 4.74 Å². The van der Waals surface area contributed by atoms with Crippen molar-refractivity contribution >= 4 is 34.2 Å². The van der Waals surface area contributed by atoms with Gasteiger partial charge >= 0.3 is 0 Å². The van der Waals surface area contributed by atoms with E-state index in [1.54, 1.807) is 18.3 Å². The topological polar surface area (TPSA) is 99.2 Å². The first-order valence-corrected chi connectivity index (χ1v) is 11.0. The summed E-state index contributed by atoms with van der Waals surface area (Å²) in [6, 6.07) is 13.3. The molecule has 0 bridgehead atoms. The first-order chi connectivity index (χ1) is 15.6. The van der Waals surface area contributed by atoms with Crippen LogP contribution in [0.25, 0.3) is 16.5 Å². The van der Waals surface area contributed by atoms with Crippen LogP contribution in [-0.4, -0.2) is 51.0 Å². The van der Waals surface area contributed by atoms with Crippen molar-refractivity contribution < 1.29 is 9.66 Å². The summed E-state index contributed by atoms with van der Waals surface area (Å²) in [5.74, 6) is 0.757. The van der Waals surface area contributed by atoms with Gasteiger partial charge in [0.05, 0.1) is 29.2 Å². The Labute approximate surface area is 188 Å². The van der Waals surface area contributed by atoms with Crippen LogP contribution < -0.4 is 4.90 Å². The molecular weight excluding hydrogens is 428 g/mol. The zero-order valence-corrected chi connectivity index (χ0v) is 18.2. The molecule has 0 atom stereocenters. The Hall–Kier alpha value is -3.50. The predicted octanol–water partition coefficient (Wildman–Crippen LogP) is 4.02. The van der Waals surface area contributed by atoms with E-state index in [0.29, 0.717) is 23.8 Å². The van der Waals surface area contributed by atoms with Crippen molar-refractivity contribution in [3.8, 4) is 5.69 Å². The zero-order chi connectivity index (χ0) is 22.1. The van der Waals surface area contributed by atoms with E-state index < -0.39 is 0 Å². The molecule has 0 saturated carbocycles. The molecule has 3 heterocycles. The maximum absolute atomic E-state index is 11.5. The van der Waals surface area contributed by atoms with E-state index in [2.05, 4.69) is 32.2 Å². The fraction of sp³-hybridized carbons (Fsp3) is 0.227. The van der Waals surface area contributed by atoms with Crippen LogP contribution in [0.2, 0.25) is 0 Å². The average Bonchev–Trinajstić information content (AvgIpc) is 3.23. The summed E-state index contributed by atoms with van der Waals surface area (Å²) in [5.41, 5.74) is 2.15. The van der Waals surface area contributed by atoms with E-state index in [0.717, 1.165) is 40.6 Å². The predicted molar refractivity (Wildman–Crippen MR) is 122 cm³/mol. The fourth-order valence-electron chi connectivity index (χ4n) is 3.71. The molecule has 0 radical (unpaired) electrons. The minimum atomic E-state index is -0.385. The largest absolute Gasteiger partial charge is 0.378 e. The summed E-state index contributed by atoms with van der Waals surface area (Å²) in [4.78, 5) is 18.2. The van der Waals surface area contributed by atoms with Crippen LogP contribution in [0.5, 0.6) is 0 Å². The third-order valence-corrected chi connectivity index (χ3v) is 6.38. The molecular formula is C22H20N6O3S. The van der Waals surface area contributed by atoms with Gasteiger partial charge < -0.3 is 9.64 Å². The Morgan fingerprint density at radius 2 is 1.81 bits per heavy atom. The first kappa shape index (κ1) is 20.4. The van der Waals surface area contributed by atoms with Crippen LogP contribution in [0.3, 0.4) is 0 Å². The van der Waals surface area contributed by atoms with Crippen LogP contribution >= 0.6 is 11.8 Å². The highest BCUT2D eigenvalue weighted by atomic mass is 32.2. The average molecular weight is 449 g/mol. The van der Waals surface area contributed by atoms with Crippen molar-refractivity contribution in [2.24, 2.45) is 0 Å². The Balaban J connectivity index is 1.61. The Morgan fingerprint density at radius 3 is 2.56 bits per heavy atom. The number of non-ortho nitro benzene ring substituents is 1. The van der Waals surface area contributed by atoms with Crippen LogP contribution in [0.4, 0.5) is 11.6 Å². The molecule has 0 unspecified atom stereocenters. The van der Waals surface area contributed by atoms with Crippen molar-refractivity contribution in [1.82, 2.24) is 19.7 Å². The van der Waals surface area contributed by atoms with Gasteiger partial charge in [0, 0.05) is 41.8 Å². The molecule has 162 valence electrons. The summed E-state index contributed by atoms with van der Waals surface area (Å²) < 4.78 is 7.53. The number of aryl methyl sites for hydroxylation is 1. The van der Waals surface area contributed by atoms with Gasteiger partial charge in [-0.1, -0.05) is 17.7 Å². The second-order valence-electron chi connectivity index (χ2n) is 7.42. The lowest BCUT2D eigenvalue weighted by Crippen LogP contribution is -2.37. The summed E-state index contributed by atoms with van der Waals surface area (Å²) >= 11 is 1.43. The van der Waals surface area contributed by atoms with E-state index in [1.807, 2.05) is 23.6 Å². The molecule has 1 aliphatic heterocycles. The number of benzene rings is 2. The quantitative estimate of drug-likeness (QED) is 0.333. The number of rotatable bonds is 5. The maximum atomic E-state index is 11.5. The van der Waals surface area contributed by atoms with Gasteiger partial charge in [0.25, 0.3) is 5.69 Å². The zero-order valence-electron chi connectivity index (χ0n) is 17.3. The third kappa shape index (κ3) is 3.78. The number of aromatic nitrogens is 4. The number of hydrogen-bond donors (Lipinski definition) is 0. The van der Waals surface area contributed by atoms with Gasteiger partial charge in [0.2, 0.25) is 11.1 Å². The molecule has 0 spiro atoms. The molecule has 0 amide bonds. The summed E-state index contributed by atoms with van der Waals surface area (Å²) in [5, 5.41) is 22.4. The van der Waals surface area contributed by atoms with Crippen LogP contribution in [0, 0.1) is 17.0 Å². The van der Waals surface area contributed by atoms with E-state index in [1.165, 1.54) is 24.0 Å². The lowest BCUT2D eigenvalue weighted by atomic mass is 10.1. The monoisotopic (exact) mass is 448 g/mol. The third-order valence-electron chi connectivity index (χ3n) is 5.36. The first-order valence-electron chi connectivity index (χ1n) is 10.2. The van der Waals surface area contributed by atoms with E-state index in [4.69, 9.17) is 4.74 Å². The summed E-state index contributed by atoms with van der Waals surface area (Å²) in [7, 11) is 0. The van der Waals surface area contributed by atoms with Gasteiger partial charge in [0.15, 0.2) is 0 Å². The number of nitro benzene ring substituents is 1. The second kappa shape index (κ2) is 8.56. The van der Waals surface area contributed by atoms with Gasteiger partial charge in [-0.25, -0.2) is 0 Å². The number of morpholine rings is 1. The minimum absolute atomic E-state index is 0.0338. The number of ether oxygens (including phenoxy) is 1. The molecule has 2 aromatic heterocycles. The van der Waals surface area contributed by atoms with Crippen molar-refractivity contribution in [2.75, 3.05) is 31.2 Å². The maximum Gasteiger partial charge on any atom is 0.278 e. The lowest BCUT2D eigenvalue weighted by Gasteiger charge is -2.28. The summed E-state index contributed by atoms with van der Waals surface area (Å²) in [6.45, 7) is 4.81. The van der Waals surface area contributed by atoms with Crippen LogP contribution in [0.1, 0.15) is 5.56 Å². The highest BCUT2D eigenvalue weighted by Gasteiger charge is 2.23. The van der Waals surface area contributed by atoms with Crippen molar-refractivity contribution in [3.05, 3.63) is 70.5 Å². The van der Waals surface area contributed by atoms with Crippen LogP contribution in [0.15, 0.2) is 64.9 Å². The molecule has 32 heavy (non-hydrogen) atoms. The lowest BCUT2D eigenvalue weighted by molar-refractivity contribution is -0.383. The normalized spacial score (nSPS) is 14.1. The van der Waals surface area contributed by atoms with Gasteiger partial charge in [-0.15, -0.1) is 10.2 Å². The smallest absolute Gasteiger partial charge is 0.278 e. The molecule has 4 aromatic rings. The molecule has 0 aliphatic carbocycles. The Kier molecular flexibility index (Phi) is 5.46. The van der Waals surface area contributed by atoms with Crippen molar-refractivity contribution in [2.45, 2.75) is 17.0 Å². The van der Waals surface area contributed by atoms with E-state index >= 15 is 0 Å². The fourth-order valence-corrected chi connectivity index (χ4v) is 4.69. The second-order valence-corrected chi connectivity index (χ2v) is 8.43. The molecule has 10 heteroatoms. The van der Waals surface area contributed by atoms with Gasteiger partial charge in [-0.2, -0.15) is 0 Å². The summed E-state index contributed by atoms with van der Waals surface area (Å²) in [6.07, 6.45) is 3.17. The van der Waals surface area contributed by atoms with Crippen molar-refractivity contribution in [3.63, 3.8) is 0 Å². The molecule has 1 saturated heterocycles. The highest BCUT2D eigenvalue weighted by molar-refractivity contribution is 7.99. The number of anilines is 1. The van der Waals surface area contributed by atoms with Gasteiger partial charge in [-0.3, -0.25) is 19.7 Å². The molecule has 9 nitrogen and oxygen atoms in total. The molecule has 2 aromatic carbocycles. The number of fused-ring (bicyclic) bond motifs is 1. The Morgan fingerprint density at radius 1 is 1.03 bits per heavy atom. The van der Waals surface area contributed by atoms with E-state index in [9.17, 15) is 10.1 Å². The molecule has 1 fully saturated rings. The number of nitro groups is 1. The molecule has 0 N–H and O–H groups in total. The van der Waals surface area contributed by atoms with Gasteiger partial charge in [-0.05, 0) is 43.0 Å². The Bertz CT molecular complexity index is 1280. The standard InChI is InChI=1S/C22H20N6O3S/c1-15-2-4-16(5-3-15)27-21(26-10-12-31-13-11-26)24-25-22(27)32-20-7-6-19(28(29)30)18-14-23-9-8-17(18)20/h2-9,14H,10-13H2,1H3. The molecule has 1 aliphatic rings. The van der Waals surface area contributed by atoms with E-state index in [-0.39, 0.29) is 10.6 Å². The number of pyridine rings is 1. The van der Waals surface area contributed by atoms with Crippen molar-refractivity contribution in [1.29, 1.82) is 0 Å². The number of hydrogen-bond acceptors (Lipinski definition) is 8. The highest BCUT2D eigenvalue weighted by Crippen LogP contribution is 2.38. The van der Waals surface area contributed by atoms with Gasteiger partial charge in [0.1, 0.15) is 0 Å². The number of nitrogens with zero attached hydrogens (tertiary/aromatic N) is 6.